The molecule has 39 heavy (non-hydrogen) atoms. The minimum atomic E-state index is -3.94. The van der Waals surface area contributed by atoms with Gasteiger partial charge < -0.3 is 15.2 Å². The zero-order chi connectivity index (χ0) is 27.8. The van der Waals surface area contributed by atoms with Gasteiger partial charge in [0.2, 0.25) is 15.9 Å². The Morgan fingerprint density at radius 1 is 1.03 bits per heavy atom. The molecule has 1 aliphatic heterocycles. The van der Waals surface area contributed by atoms with Gasteiger partial charge in [-0.25, -0.2) is 13.1 Å². The van der Waals surface area contributed by atoms with Crippen LogP contribution >= 0.6 is 0 Å². The first-order valence-electron chi connectivity index (χ1n) is 13.6. The van der Waals surface area contributed by atoms with Crippen LogP contribution in [0.4, 0.5) is 0 Å². The van der Waals surface area contributed by atoms with Crippen molar-refractivity contribution in [2.75, 3.05) is 0 Å². The molecule has 1 aliphatic carbocycles. The van der Waals surface area contributed by atoms with E-state index in [2.05, 4.69) is 22.2 Å². The van der Waals surface area contributed by atoms with E-state index in [1.807, 2.05) is 25.1 Å². The molecular formula is C31H36N2O5S. The molecule has 1 unspecified atom stereocenters. The van der Waals surface area contributed by atoms with E-state index in [0.29, 0.717) is 16.9 Å². The van der Waals surface area contributed by atoms with E-state index >= 15 is 0 Å². The third-order valence-electron chi connectivity index (χ3n) is 7.80. The van der Waals surface area contributed by atoms with Crippen molar-refractivity contribution in [1.29, 1.82) is 0 Å². The van der Waals surface area contributed by atoms with Gasteiger partial charge in [0.1, 0.15) is 17.5 Å². The van der Waals surface area contributed by atoms with Crippen LogP contribution in [0.3, 0.4) is 0 Å². The summed E-state index contributed by atoms with van der Waals surface area (Å²) < 4.78 is 35.4. The van der Waals surface area contributed by atoms with E-state index in [1.165, 1.54) is 11.1 Å². The molecule has 0 radical (unpaired) electrons. The van der Waals surface area contributed by atoms with Gasteiger partial charge in [-0.1, -0.05) is 49.4 Å². The van der Waals surface area contributed by atoms with Crippen molar-refractivity contribution in [2.24, 2.45) is 0 Å². The summed E-state index contributed by atoms with van der Waals surface area (Å²) in [6.45, 7) is 5.45. The van der Waals surface area contributed by atoms with E-state index < -0.39 is 27.8 Å². The second-order valence-corrected chi connectivity index (χ2v) is 12.7. The van der Waals surface area contributed by atoms with Gasteiger partial charge >= 0.3 is 0 Å². The summed E-state index contributed by atoms with van der Waals surface area (Å²) in [7, 11) is -3.94. The predicted molar refractivity (Wildman–Crippen MR) is 150 cm³/mol. The Balaban J connectivity index is 1.38. The van der Waals surface area contributed by atoms with Crippen molar-refractivity contribution in [3.63, 3.8) is 0 Å². The molecule has 1 amide bonds. The lowest BCUT2D eigenvalue weighted by Crippen LogP contribution is -2.53. The van der Waals surface area contributed by atoms with E-state index in [1.54, 1.807) is 50.2 Å². The summed E-state index contributed by atoms with van der Waals surface area (Å²) in [5, 5.41) is 14.4. The van der Waals surface area contributed by atoms with E-state index in [0.717, 1.165) is 31.2 Å². The summed E-state index contributed by atoms with van der Waals surface area (Å²) in [6.07, 6.45) is 2.71. The third kappa shape index (κ3) is 5.73. The van der Waals surface area contributed by atoms with Gasteiger partial charge in [-0.05, 0) is 86.1 Å². The van der Waals surface area contributed by atoms with E-state index in [9.17, 15) is 18.3 Å². The molecular weight excluding hydrogens is 512 g/mol. The highest BCUT2D eigenvalue weighted by Gasteiger charge is 2.44. The van der Waals surface area contributed by atoms with Crippen molar-refractivity contribution < 1.29 is 23.1 Å². The van der Waals surface area contributed by atoms with E-state index in [4.69, 9.17) is 4.74 Å². The molecule has 0 aromatic heterocycles. The summed E-state index contributed by atoms with van der Waals surface area (Å²) in [6, 6.07) is 19.3. The fourth-order valence-corrected chi connectivity index (χ4v) is 6.78. The van der Waals surface area contributed by atoms with Crippen LogP contribution in [-0.4, -0.2) is 31.1 Å². The molecule has 8 heteroatoms. The van der Waals surface area contributed by atoms with Crippen LogP contribution in [0.5, 0.6) is 5.75 Å². The number of hydrogen-bond acceptors (Lipinski definition) is 5. The van der Waals surface area contributed by atoms with Gasteiger partial charge in [-0.3, -0.25) is 4.79 Å². The Morgan fingerprint density at radius 3 is 2.49 bits per heavy atom. The number of fused-ring (bicyclic) bond motifs is 2. The van der Waals surface area contributed by atoms with E-state index in [-0.39, 0.29) is 23.3 Å². The molecule has 3 atom stereocenters. The monoisotopic (exact) mass is 548 g/mol. The molecule has 0 saturated carbocycles. The van der Waals surface area contributed by atoms with Crippen LogP contribution in [0.1, 0.15) is 73.5 Å². The first-order valence-corrected chi connectivity index (χ1v) is 15.0. The molecule has 0 fully saturated rings. The van der Waals surface area contributed by atoms with Crippen molar-refractivity contribution in [3.8, 4) is 5.75 Å². The zero-order valence-electron chi connectivity index (χ0n) is 22.6. The molecule has 3 N–H and O–H groups in total. The number of carbonyl (C=O) groups is 1. The van der Waals surface area contributed by atoms with Gasteiger partial charge in [0.25, 0.3) is 0 Å². The van der Waals surface area contributed by atoms with Crippen molar-refractivity contribution in [1.82, 2.24) is 10.0 Å². The lowest BCUT2D eigenvalue weighted by molar-refractivity contribution is -0.121. The summed E-state index contributed by atoms with van der Waals surface area (Å²) >= 11 is 0. The lowest BCUT2D eigenvalue weighted by atomic mass is 9.86. The molecule has 3 aromatic carbocycles. The minimum absolute atomic E-state index is 0.0234. The summed E-state index contributed by atoms with van der Waals surface area (Å²) in [4.78, 5) is 13.2. The van der Waals surface area contributed by atoms with Gasteiger partial charge in [-0.15, -0.1) is 0 Å². The Bertz CT molecular complexity index is 1470. The highest BCUT2D eigenvalue weighted by Crippen LogP contribution is 2.41. The number of benzene rings is 3. The number of aryl methyl sites for hydroxylation is 2. The highest BCUT2D eigenvalue weighted by atomic mass is 32.2. The first-order chi connectivity index (χ1) is 18.6. The minimum Gasteiger partial charge on any atom is -0.485 e. The van der Waals surface area contributed by atoms with Crippen LogP contribution < -0.4 is 14.8 Å². The number of carbonyl (C=O) groups excluding carboxylic acids is 1. The van der Waals surface area contributed by atoms with Crippen LogP contribution in [-0.2, 0) is 34.1 Å². The topological polar surface area (TPSA) is 105 Å². The maximum Gasteiger partial charge on any atom is 0.241 e. The molecule has 206 valence electrons. The zero-order valence-corrected chi connectivity index (χ0v) is 23.4. The molecule has 0 saturated heterocycles. The molecule has 0 bridgehead atoms. The largest absolute Gasteiger partial charge is 0.485 e. The molecule has 1 heterocycles. The fourth-order valence-electron chi connectivity index (χ4n) is 5.56. The standard InChI is InChI=1S/C31H36N2O5S/c1-4-20-12-15-23(16-13-20)39(36,37)33-29-25-18-21(14-17-27(25)38-31(2,3)30(29)35)19-28(34)32-26-11-7-9-22-8-5-6-10-24(22)26/h5-6,8,10,12-18,26,29-30,33,35H,4,7,9,11,19H2,1-3H3,(H,32,34)/t26?,29-,30+/m1/s1. The van der Waals surface area contributed by atoms with Crippen molar-refractivity contribution >= 4 is 15.9 Å². The number of amides is 1. The number of rotatable bonds is 7. The van der Waals surface area contributed by atoms with Gasteiger partial charge in [0, 0.05) is 5.56 Å². The Labute approximate surface area is 230 Å². The summed E-state index contributed by atoms with van der Waals surface area (Å²) in [5.41, 5.74) is 3.66. The second kappa shape index (κ2) is 10.8. The average molecular weight is 549 g/mol. The SMILES string of the molecule is CCc1ccc(S(=O)(=O)N[C@@H]2c3cc(CC(=O)NC4CCCc5ccccc54)ccc3OC(C)(C)[C@H]2O)cc1. The number of aliphatic hydroxyl groups is 1. The number of aliphatic hydroxyl groups excluding tert-OH is 1. The maximum absolute atomic E-state index is 13.3. The quantitative estimate of drug-likeness (QED) is 0.402. The fraction of sp³-hybridized carbons (Fsp3) is 0.387. The predicted octanol–water partition coefficient (Wildman–Crippen LogP) is 4.54. The third-order valence-corrected chi connectivity index (χ3v) is 9.26. The molecule has 5 rings (SSSR count). The molecule has 2 aliphatic rings. The number of hydrogen-bond donors (Lipinski definition) is 3. The number of sulfonamides is 1. The Kier molecular flexibility index (Phi) is 7.55. The van der Waals surface area contributed by atoms with Gasteiger partial charge in [-0.2, -0.15) is 0 Å². The van der Waals surface area contributed by atoms with Crippen LogP contribution in [0.25, 0.3) is 0 Å². The average Bonchev–Trinajstić information content (AvgIpc) is 2.92. The smallest absolute Gasteiger partial charge is 0.241 e. The Morgan fingerprint density at radius 2 is 1.74 bits per heavy atom. The maximum atomic E-state index is 13.3. The molecule has 0 spiro atoms. The summed E-state index contributed by atoms with van der Waals surface area (Å²) in [5.74, 6) is 0.368. The highest BCUT2D eigenvalue weighted by molar-refractivity contribution is 7.89. The number of nitrogens with one attached hydrogen (secondary N) is 2. The van der Waals surface area contributed by atoms with Crippen LogP contribution in [0, 0.1) is 0 Å². The van der Waals surface area contributed by atoms with Gasteiger partial charge in [0.05, 0.1) is 23.4 Å². The van der Waals surface area contributed by atoms with Crippen molar-refractivity contribution in [2.45, 2.75) is 81.6 Å². The normalized spacial score (nSPS) is 21.8. The second-order valence-electron chi connectivity index (χ2n) is 11.0. The van der Waals surface area contributed by atoms with Crippen LogP contribution in [0.2, 0.25) is 0 Å². The Hall–Kier alpha value is -3.20. The van der Waals surface area contributed by atoms with Gasteiger partial charge in [0.15, 0.2) is 0 Å². The van der Waals surface area contributed by atoms with Crippen LogP contribution in [0.15, 0.2) is 71.6 Å². The first kappa shape index (κ1) is 27.4. The molecule has 3 aromatic rings. The lowest BCUT2D eigenvalue weighted by Gasteiger charge is -2.42. The van der Waals surface area contributed by atoms with Crippen molar-refractivity contribution in [3.05, 3.63) is 94.5 Å². The number of ether oxygens (including phenoxy) is 1. The molecule has 7 nitrogen and oxygen atoms in total.